The molecule has 0 aliphatic heterocycles. The van der Waals surface area contributed by atoms with Gasteiger partial charge in [-0.25, -0.2) is 23.1 Å². The number of nitrogens with zero attached hydrogens (tertiary/aromatic N) is 2. The summed E-state index contributed by atoms with van der Waals surface area (Å²) in [6, 6.07) is 7.48. The van der Waals surface area contributed by atoms with Crippen LogP contribution >= 0.6 is 0 Å². The van der Waals surface area contributed by atoms with Crippen LogP contribution in [0.5, 0.6) is 11.5 Å². The highest BCUT2D eigenvalue weighted by molar-refractivity contribution is 5.91. The molecule has 0 atom stereocenters. The van der Waals surface area contributed by atoms with Gasteiger partial charge in [0.2, 0.25) is 0 Å². The minimum absolute atomic E-state index is 0.0318. The molecule has 0 unspecified atom stereocenters. The lowest BCUT2D eigenvalue weighted by Crippen LogP contribution is -2.37. The minimum atomic E-state index is -3.28. The van der Waals surface area contributed by atoms with Gasteiger partial charge in [0.25, 0.3) is 5.92 Å². The van der Waals surface area contributed by atoms with E-state index < -0.39 is 17.3 Å². The molecule has 1 aliphatic carbocycles. The second kappa shape index (κ2) is 9.89. The fourth-order valence-corrected chi connectivity index (χ4v) is 4.15. The molecule has 3 aromatic rings. The van der Waals surface area contributed by atoms with Gasteiger partial charge in [-0.15, -0.1) is 0 Å². The molecule has 1 fully saturated rings. The molecular formula is C26H30F3N3O3. The van der Waals surface area contributed by atoms with Crippen molar-refractivity contribution in [2.24, 2.45) is 0 Å². The third kappa shape index (κ3) is 5.61. The summed E-state index contributed by atoms with van der Waals surface area (Å²) >= 11 is 0. The summed E-state index contributed by atoms with van der Waals surface area (Å²) in [5.74, 6) is -2.27. The molecule has 1 heterocycles. The maximum Gasteiger partial charge on any atom is 0.273 e. The number of benzene rings is 2. The monoisotopic (exact) mass is 489 g/mol. The SMILES string of the molecule is COc1cc2nc(C)nc(NCc3cccc(C(C)(F)F)c3F)c2cc1OCCOC1(C)CCC1. The van der Waals surface area contributed by atoms with E-state index in [4.69, 9.17) is 14.2 Å². The zero-order chi connectivity index (χ0) is 25.2. The van der Waals surface area contributed by atoms with Gasteiger partial charge in [-0.3, -0.25) is 0 Å². The quantitative estimate of drug-likeness (QED) is 0.345. The smallest absolute Gasteiger partial charge is 0.273 e. The first-order valence-electron chi connectivity index (χ1n) is 11.6. The average Bonchev–Trinajstić information content (AvgIpc) is 2.78. The van der Waals surface area contributed by atoms with Crippen molar-refractivity contribution in [3.63, 3.8) is 0 Å². The van der Waals surface area contributed by atoms with Crippen molar-refractivity contribution < 1.29 is 27.4 Å². The van der Waals surface area contributed by atoms with Gasteiger partial charge in [0.05, 0.1) is 30.4 Å². The molecule has 0 saturated heterocycles. The van der Waals surface area contributed by atoms with Gasteiger partial charge < -0.3 is 19.5 Å². The third-order valence-electron chi connectivity index (χ3n) is 6.29. The highest BCUT2D eigenvalue weighted by atomic mass is 19.3. The molecule has 4 rings (SSSR count). The van der Waals surface area contributed by atoms with E-state index in [1.807, 2.05) is 0 Å². The van der Waals surface area contributed by atoms with Gasteiger partial charge >= 0.3 is 0 Å². The number of fused-ring (bicyclic) bond motifs is 1. The van der Waals surface area contributed by atoms with Crippen LogP contribution in [0.25, 0.3) is 10.9 Å². The van der Waals surface area contributed by atoms with Crippen molar-refractivity contribution in [1.82, 2.24) is 9.97 Å². The summed E-state index contributed by atoms with van der Waals surface area (Å²) in [6.45, 7) is 5.27. The van der Waals surface area contributed by atoms with Gasteiger partial charge in [0.15, 0.2) is 11.5 Å². The molecule has 9 heteroatoms. The second-order valence-electron chi connectivity index (χ2n) is 9.16. The molecule has 6 nitrogen and oxygen atoms in total. The largest absolute Gasteiger partial charge is 0.493 e. The maximum absolute atomic E-state index is 14.7. The van der Waals surface area contributed by atoms with E-state index in [0.29, 0.717) is 54.2 Å². The lowest BCUT2D eigenvalue weighted by Gasteiger charge is -2.38. The number of aryl methyl sites for hydroxylation is 1. The number of nitrogens with one attached hydrogen (secondary N) is 1. The first kappa shape index (κ1) is 25.0. The molecule has 1 aliphatic rings. The van der Waals surface area contributed by atoms with E-state index in [1.54, 1.807) is 26.2 Å². The fraction of sp³-hybridized carbons (Fsp3) is 0.462. The molecule has 1 saturated carbocycles. The summed E-state index contributed by atoms with van der Waals surface area (Å²) < 4.78 is 59.5. The average molecular weight is 490 g/mol. The van der Waals surface area contributed by atoms with Crippen LogP contribution in [0.2, 0.25) is 0 Å². The first-order chi connectivity index (χ1) is 16.6. The van der Waals surface area contributed by atoms with E-state index >= 15 is 0 Å². The number of hydrogen-bond acceptors (Lipinski definition) is 6. The summed E-state index contributed by atoms with van der Waals surface area (Å²) in [6.07, 6.45) is 3.29. The molecule has 188 valence electrons. The number of aromatic nitrogens is 2. The number of halogens is 3. The zero-order valence-corrected chi connectivity index (χ0v) is 20.4. The summed E-state index contributed by atoms with van der Waals surface area (Å²) in [4.78, 5) is 8.92. The number of methoxy groups -OCH3 is 1. The highest BCUT2D eigenvalue weighted by Crippen LogP contribution is 2.36. The molecule has 1 aromatic heterocycles. The molecule has 0 radical (unpaired) electrons. The van der Waals surface area contributed by atoms with Crippen LogP contribution in [-0.2, 0) is 17.2 Å². The van der Waals surface area contributed by atoms with Crippen molar-refractivity contribution in [3.8, 4) is 11.5 Å². The normalized spacial score (nSPS) is 15.1. The van der Waals surface area contributed by atoms with Gasteiger partial charge in [-0.1, -0.05) is 18.2 Å². The van der Waals surface area contributed by atoms with Crippen LogP contribution in [-0.4, -0.2) is 35.9 Å². The van der Waals surface area contributed by atoms with Crippen LogP contribution in [0.4, 0.5) is 19.0 Å². The van der Waals surface area contributed by atoms with E-state index in [-0.39, 0.29) is 17.7 Å². The van der Waals surface area contributed by atoms with Crippen molar-refractivity contribution in [2.75, 3.05) is 25.6 Å². The molecule has 35 heavy (non-hydrogen) atoms. The topological polar surface area (TPSA) is 65.5 Å². The Hall–Kier alpha value is -3.07. The van der Waals surface area contributed by atoms with E-state index in [9.17, 15) is 13.2 Å². The lowest BCUT2D eigenvalue weighted by atomic mass is 9.82. The summed E-state index contributed by atoms with van der Waals surface area (Å²) in [5, 5.41) is 3.71. The van der Waals surface area contributed by atoms with E-state index in [2.05, 4.69) is 22.2 Å². The molecule has 0 bridgehead atoms. The number of ether oxygens (including phenoxy) is 3. The van der Waals surface area contributed by atoms with Crippen molar-refractivity contribution in [2.45, 2.75) is 58.1 Å². The van der Waals surface area contributed by atoms with Crippen LogP contribution in [0.3, 0.4) is 0 Å². The van der Waals surface area contributed by atoms with E-state index in [0.717, 1.165) is 18.9 Å². The van der Waals surface area contributed by atoms with Gasteiger partial charge in [-0.05, 0) is 39.2 Å². The van der Waals surface area contributed by atoms with Crippen LogP contribution < -0.4 is 14.8 Å². The van der Waals surface area contributed by atoms with Gasteiger partial charge in [0.1, 0.15) is 24.1 Å². The first-order valence-corrected chi connectivity index (χ1v) is 11.6. The molecule has 0 spiro atoms. The Bertz CT molecular complexity index is 1210. The molecule has 1 N–H and O–H groups in total. The van der Waals surface area contributed by atoms with Crippen LogP contribution in [0, 0.1) is 12.7 Å². The number of alkyl halides is 2. The maximum atomic E-state index is 14.7. The summed E-state index contributed by atoms with van der Waals surface area (Å²) in [7, 11) is 1.55. The van der Waals surface area contributed by atoms with E-state index in [1.165, 1.54) is 18.6 Å². The fourth-order valence-electron chi connectivity index (χ4n) is 4.15. The predicted octanol–water partition coefficient (Wildman–Crippen LogP) is 6.15. The Morgan fingerprint density at radius 2 is 1.89 bits per heavy atom. The van der Waals surface area contributed by atoms with Crippen molar-refractivity contribution in [3.05, 3.63) is 53.1 Å². The Morgan fingerprint density at radius 3 is 2.54 bits per heavy atom. The third-order valence-corrected chi connectivity index (χ3v) is 6.29. The molecular weight excluding hydrogens is 459 g/mol. The number of anilines is 1. The Morgan fingerprint density at radius 1 is 1.11 bits per heavy atom. The number of rotatable bonds is 10. The second-order valence-corrected chi connectivity index (χ2v) is 9.16. The molecule has 0 amide bonds. The predicted molar refractivity (Wildman–Crippen MR) is 128 cm³/mol. The molecule has 2 aromatic carbocycles. The Balaban J connectivity index is 1.56. The highest BCUT2D eigenvalue weighted by Gasteiger charge is 2.32. The Kier molecular flexibility index (Phi) is 7.07. The Labute approximate surface area is 202 Å². The number of hydrogen-bond donors (Lipinski definition) is 1. The lowest BCUT2D eigenvalue weighted by molar-refractivity contribution is -0.0922. The zero-order valence-electron chi connectivity index (χ0n) is 20.4. The van der Waals surface area contributed by atoms with Crippen LogP contribution in [0.15, 0.2) is 30.3 Å². The van der Waals surface area contributed by atoms with Gasteiger partial charge in [0, 0.05) is 30.5 Å². The summed E-state index contributed by atoms with van der Waals surface area (Å²) in [5.41, 5.74) is 0.0175. The van der Waals surface area contributed by atoms with Crippen molar-refractivity contribution in [1.29, 1.82) is 0 Å². The standard InChI is InChI=1S/C26H30F3N3O3/c1-16-31-20-14-21(33-4)22(34-11-12-35-25(2)9-6-10-25)13-18(20)24(32-16)30-15-17-7-5-8-19(23(17)27)26(3,28)29/h5,7-8,13-14H,6,9-12,15H2,1-4H3,(H,30,31,32). The van der Waals surface area contributed by atoms with Gasteiger partial charge in [-0.2, -0.15) is 0 Å². The minimum Gasteiger partial charge on any atom is -0.493 e. The van der Waals surface area contributed by atoms with Crippen molar-refractivity contribution >= 4 is 16.7 Å². The van der Waals surface area contributed by atoms with Crippen LogP contribution in [0.1, 0.15) is 50.1 Å².